The Labute approximate surface area is 169 Å². The maximum atomic E-state index is 6.02. The van der Waals surface area contributed by atoms with Crippen molar-refractivity contribution in [2.75, 3.05) is 12.8 Å². The molecular formula is C26H30N2. The van der Waals surface area contributed by atoms with Crippen LogP contribution in [-0.4, -0.2) is 7.05 Å². The fraction of sp³-hybridized carbons (Fsp3) is 0.231. The number of allylic oxidation sites excluding steroid dienone is 8. The summed E-state index contributed by atoms with van der Waals surface area (Å²) in [4.78, 5) is 0. The first-order valence-corrected chi connectivity index (χ1v) is 9.75. The van der Waals surface area contributed by atoms with Gasteiger partial charge in [-0.05, 0) is 68.2 Å². The summed E-state index contributed by atoms with van der Waals surface area (Å²) < 4.78 is 0. The Kier molecular flexibility index (Phi) is 5.60. The molecule has 0 saturated carbocycles. The van der Waals surface area contributed by atoms with Crippen molar-refractivity contribution >= 4 is 5.69 Å². The normalized spacial score (nSPS) is 19.1. The van der Waals surface area contributed by atoms with Crippen molar-refractivity contribution in [3.05, 3.63) is 112 Å². The minimum Gasteiger partial charge on any atom is -0.399 e. The molecular weight excluding hydrogens is 340 g/mol. The Morgan fingerprint density at radius 3 is 1.82 bits per heavy atom. The van der Waals surface area contributed by atoms with E-state index in [1.807, 2.05) is 19.2 Å². The molecule has 2 aromatic rings. The predicted octanol–water partition coefficient (Wildman–Crippen LogP) is 5.82. The molecule has 0 amide bonds. The van der Waals surface area contributed by atoms with Gasteiger partial charge in [0, 0.05) is 18.4 Å². The minimum absolute atomic E-state index is 0.364. The number of aryl methyl sites for hydroxylation is 1. The second kappa shape index (κ2) is 7.93. The molecule has 1 aliphatic carbocycles. The SMILES string of the molecule is CN/C(C)=C/C1=CC=C(C=C(C)C)C1(c1ccc(C)cc1)c1ccc(N)cc1. The van der Waals surface area contributed by atoms with Crippen LogP contribution in [0.5, 0.6) is 0 Å². The third kappa shape index (κ3) is 3.55. The lowest BCUT2D eigenvalue weighted by atomic mass is 9.66. The fourth-order valence-electron chi connectivity index (χ4n) is 3.90. The zero-order chi connectivity index (χ0) is 20.3. The van der Waals surface area contributed by atoms with Crippen LogP contribution in [0.15, 0.2) is 95.3 Å². The molecule has 1 aliphatic rings. The maximum Gasteiger partial charge on any atom is 0.0702 e. The molecule has 0 aliphatic heterocycles. The Morgan fingerprint density at radius 1 is 0.821 bits per heavy atom. The number of rotatable bonds is 5. The fourth-order valence-corrected chi connectivity index (χ4v) is 3.90. The lowest BCUT2D eigenvalue weighted by Gasteiger charge is -2.36. The van der Waals surface area contributed by atoms with Crippen LogP contribution in [0.2, 0.25) is 0 Å². The molecule has 0 heterocycles. The van der Waals surface area contributed by atoms with E-state index in [1.54, 1.807) is 0 Å². The first kappa shape index (κ1) is 19.8. The summed E-state index contributed by atoms with van der Waals surface area (Å²) in [5.41, 5.74) is 15.1. The van der Waals surface area contributed by atoms with Crippen molar-refractivity contribution in [3.63, 3.8) is 0 Å². The summed E-state index contributed by atoms with van der Waals surface area (Å²) >= 11 is 0. The minimum atomic E-state index is -0.364. The van der Waals surface area contributed by atoms with Crippen LogP contribution in [0.4, 0.5) is 5.69 Å². The highest BCUT2D eigenvalue weighted by Gasteiger charge is 2.42. The van der Waals surface area contributed by atoms with E-state index in [9.17, 15) is 0 Å². The Balaban J connectivity index is 2.36. The van der Waals surface area contributed by atoms with E-state index in [-0.39, 0.29) is 5.41 Å². The summed E-state index contributed by atoms with van der Waals surface area (Å²) in [6.45, 7) is 8.53. The highest BCUT2D eigenvalue weighted by atomic mass is 14.8. The monoisotopic (exact) mass is 370 g/mol. The molecule has 1 atom stereocenters. The average molecular weight is 371 g/mol. The standard InChI is InChI=1S/C26H30N2/c1-18(2)16-23-10-11-24(17-20(4)28-5)26(23,21-8-6-19(3)7-9-21)22-12-14-25(27)15-13-22/h6-17,28H,27H2,1-5H3/b20-17+. The molecule has 28 heavy (non-hydrogen) atoms. The van der Waals surface area contributed by atoms with E-state index >= 15 is 0 Å². The zero-order valence-corrected chi connectivity index (χ0v) is 17.5. The highest BCUT2D eigenvalue weighted by Crippen LogP contribution is 2.50. The number of anilines is 1. The van der Waals surface area contributed by atoms with Crippen LogP contribution in [0.3, 0.4) is 0 Å². The van der Waals surface area contributed by atoms with E-state index in [2.05, 4.69) is 93.7 Å². The van der Waals surface area contributed by atoms with Crippen LogP contribution in [-0.2, 0) is 5.41 Å². The molecule has 3 rings (SSSR count). The number of benzene rings is 2. The van der Waals surface area contributed by atoms with Gasteiger partial charge >= 0.3 is 0 Å². The smallest absolute Gasteiger partial charge is 0.0702 e. The van der Waals surface area contributed by atoms with E-state index in [0.29, 0.717) is 0 Å². The predicted molar refractivity (Wildman–Crippen MR) is 121 cm³/mol. The van der Waals surface area contributed by atoms with Gasteiger partial charge in [-0.15, -0.1) is 0 Å². The van der Waals surface area contributed by atoms with Gasteiger partial charge in [0.25, 0.3) is 0 Å². The molecule has 2 heteroatoms. The van der Waals surface area contributed by atoms with Gasteiger partial charge in [-0.3, -0.25) is 0 Å². The van der Waals surface area contributed by atoms with Crippen LogP contribution in [0, 0.1) is 6.92 Å². The highest BCUT2D eigenvalue weighted by molar-refractivity contribution is 5.68. The van der Waals surface area contributed by atoms with E-state index in [0.717, 1.165) is 11.4 Å². The molecule has 2 aromatic carbocycles. The molecule has 144 valence electrons. The number of hydrogen-bond donors (Lipinski definition) is 2. The maximum absolute atomic E-state index is 6.02. The zero-order valence-electron chi connectivity index (χ0n) is 17.5. The molecule has 0 saturated heterocycles. The number of hydrogen-bond acceptors (Lipinski definition) is 2. The van der Waals surface area contributed by atoms with Crippen molar-refractivity contribution in [1.82, 2.24) is 5.32 Å². The summed E-state index contributed by atoms with van der Waals surface area (Å²) in [6.07, 6.45) is 9.03. The Bertz CT molecular complexity index is 919. The first-order chi connectivity index (χ1) is 13.4. The molecule has 3 N–H and O–H groups in total. The second-order valence-corrected chi connectivity index (χ2v) is 7.78. The first-order valence-electron chi connectivity index (χ1n) is 9.75. The summed E-state index contributed by atoms with van der Waals surface area (Å²) in [7, 11) is 1.96. The third-order valence-corrected chi connectivity index (χ3v) is 5.35. The van der Waals surface area contributed by atoms with Crippen molar-refractivity contribution in [3.8, 4) is 0 Å². The Morgan fingerprint density at radius 2 is 1.32 bits per heavy atom. The van der Waals surface area contributed by atoms with E-state index < -0.39 is 0 Å². The van der Waals surface area contributed by atoms with Gasteiger partial charge in [0.1, 0.15) is 0 Å². The van der Waals surface area contributed by atoms with Crippen molar-refractivity contribution < 1.29 is 0 Å². The van der Waals surface area contributed by atoms with Crippen molar-refractivity contribution in [2.45, 2.75) is 33.1 Å². The lowest BCUT2D eigenvalue weighted by Crippen LogP contribution is -2.30. The number of nitrogens with two attached hydrogens (primary N) is 1. The summed E-state index contributed by atoms with van der Waals surface area (Å²) in [6, 6.07) is 17.2. The van der Waals surface area contributed by atoms with E-state index in [1.165, 1.54) is 33.4 Å². The van der Waals surface area contributed by atoms with Gasteiger partial charge < -0.3 is 11.1 Å². The van der Waals surface area contributed by atoms with Crippen LogP contribution >= 0.6 is 0 Å². The molecule has 0 bridgehead atoms. The van der Waals surface area contributed by atoms with Gasteiger partial charge in [-0.2, -0.15) is 0 Å². The largest absolute Gasteiger partial charge is 0.399 e. The van der Waals surface area contributed by atoms with Gasteiger partial charge in [0.05, 0.1) is 5.41 Å². The van der Waals surface area contributed by atoms with E-state index in [4.69, 9.17) is 5.73 Å². The molecule has 2 nitrogen and oxygen atoms in total. The average Bonchev–Trinajstić information content (AvgIpc) is 3.01. The quantitative estimate of drug-likeness (QED) is 0.651. The Hall–Kier alpha value is -3.00. The number of nitrogens with one attached hydrogen (secondary N) is 1. The number of nitrogen functional groups attached to an aromatic ring is 1. The topological polar surface area (TPSA) is 38.0 Å². The third-order valence-electron chi connectivity index (χ3n) is 5.35. The summed E-state index contributed by atoms with van der Waals surface area (Å²) in [5, 5.41) is 3.27. The molecule has 0 fully saturated rings. The van der Waals surface area contributed by atoms with Crippen LogP contribution in [0.1, 0.15) is 37.5 Å². The van der Waals surface area contributed by atoms with Crippen LogP contribution in [0.25, 0.3) is 0 Å². The lowest BCUT2D eigenvalue weighted by molar-refractivity contribution is 0.752. The molecule has 0 spiro atoms. The van der Waals surface area contributed by atoms with Gasteiger partial charge in [-0.1, -0.05) is 65.8 Å². The molecule has 0 aromatic heterocycles. The summed E-state index contributed by atoms with van der Waals surface area (Å²) in [5.74, 6) is 0. The molecule has 1 unspecified atom stereocenters. The van der Waals surface area contributed by atoms with Gasteiger partial charge in [0.15, 0.2) is 0 Å². The molecule has 0 radical (unpaired) electrons. The van der Waals surface area contributed by atoms with Crippen molar-refractivity contribution in [1.29, 1.82) is 0 Å². The van der Waals surface area contributed by atoms with Gasteiger partial charge in [-0.25, -0.2) is 0 Å². The van der Waals surface area contributed by atoms with Gasteiger partial charge in [0.2, 0.25) is 0 Å². The van der Waals surface area contributed by atoms with Crippen LogP contribution < -0.4 is 11.1 Å². The van der Waals surface area contributed by atoms with Crippen molar-refractivity contribution in [2.24, 2.45) is 0 Å². The second-order valence-electron chi connectivity index (χ2n) is 7.78.